The number of thiophene rings is 1. The van der Waals surface area contributed by atoms with Crippen molar-refractivity contribution in [3.8, 4) is 0 Å². The predicted molar refractivity (Wildman–Crippen MR) is 79.2 cm³/mol. The second-order valence-corrected chi connectivity index (χ2v) is 6.94. The van der Waals surface area contributed by atoms with E-state index in [-0.39, 0.29) is 17.4 Å². The Hall–Kier alpha value is -0.910. The zero-order chi connectivity index (χ0) is 14.6. The SMILES string of the molecule is CC(C)C(O)C(C)(C)CNCc1cc(C(N)=O)cs1. The van der Waals surface area contributed by atoms with E-state index in [2.05, 4.69) is 5.32 Å². The van der Waals surface area contributed by atoms with Gasteiger partial charge in [-0.05, 0) is 12.0 Å². The molecule has 0 fully saturated rings. The Morgan fingerprint density at radius 2 is 2.16 bits per heavy atom. The summed E-state index contributed by atoms with van der Waals surface area (Å²) in [4.78, 5) is 12.1. The topological polar surface area (TPSA) is 75.3 Å². The van der Waals surface area contributed by atoms with Gasteiger partial charge in [0.15, 0.2) is 0 Å². The minimum Gasteiger partial charge on any atom is -0.392 e. The highest BCUT2D eigenvalue weighted by Gasteiger charge is 2.29. The van der Waals surface area contributed by atoms with E-state index in [4.69, 9.17) is 5.73 Å². The molecule has 0 spiro atoms. The van der Waals surface area contributed by atoms with Gasteiger partial charge in [0.2, 0.25) is 5.91 Å². The van der Waals surface area contributed by atoms with Gasteiger partial charge >= 0.3 is 0 Å². The first-order valence-electron chi connectivity index (χ1n) is 6.50. The quantitative estimate of drug-likeness (QED) is 0.716. The molecular weight excluding hydrogens is 260 g/mol. The first-order valence-corrected chi connectivity index (χ1v) is 7.38. The number of carbonyl (C=O) groups is 1. The lowest BCUT2D eigenvalue weighted by atomic mass is 9.81. The van der Waals surface area contributed by atoms with Crippen molar-refractivity contribution in [2.45, 2.75) is 40.3 Å². The summed E-state index contributed by atoms with van der Waals surface area (Å²) in [7, 11) is 0. The molecule has 4 N–H and O–H groups in total. The maximum Gasteiger partial charge on any atom is 0.249 e. The number of primary amides is 1. The molecule has 108 valence electrons. The number of hydrogen-bond acceptors (Lipinski definition) is 4. The number of aliphatic hydroxyl groups excluding tert-OH is 1. The van der Waals surface area contributed by atoms with Gasteiger partial charge in [-0.1, -0.05) is 27.7 Å². The molecule has 19 heavy (non-hydrogen) atoms. The van der Waals surface area contributed by atoms with Crippen LogP contribution in [0.3, 0.4) is 0 Å². The molecule has 1 aromatic rings. The van der Waals surface area contributed by atoms with Crippen molar-refractivity contribution in [2.75, 3.05) is 6.54 Å². The Morgan fingerprint density at radius 3 is 2.63 bits per heavy atom. The average Bonchev–Trinajstić information content (AvgIpc) is 2.76. The zero-order valence-electron chi connectivity index (χ0n) is 12.1. The summed E-state index contributed by atoms with van der Waals surface area (Å²) < 4.78 is 0. The van der Waals surface area contributed by atoms with E-state index in [1.54, 1.807) is 5.38 Å². The van der Waals surface area contributed by atoms with Gasteiger partial charge in [0.1, 0.15) is 0 Å². The monoisotopic (exact) mass is 284 g/mol. The Kier molecular flexibility index (Phi) is 5.52. The molecule has 1 atom stereocenters. The molecule has 0 saturated heterocycles. The van der Waals surface area contributed by atoms with E-state index >= 15 is 0 Å². The Labute approximate surface area is 119 Å². The normalized spacial score (nSPS) is 13.8. The minimum atomic E-state index is -0.391. The fraction of sp³-hybridized carbons (Fsp3) is 0.643. The summed E-state index contributed by atoms with van der Waals surface area (Å²) in [6, 6.07) is 1.81. The molecule has 0 aliphatic carbocycles. The smallest absolute Gasteiger partial charge is 0.249 e. The van der Waals surface area contributed by atoms with Crippen molar-refractivity contribution in [2.24, 2.45) is 17.1 Å². The third-order valence-corrected chi connectivity index (χ3v) is 4.19. The molecule has 0 bridgehead atoms. The van der Waals surface area contributed by atoms with Crippen molar-refractivity contribution >= 4 is 17.2 Å². The number of amides is 1. The maximum atomic E-state index is 11.0. The van der Waals surface area contributed by atoms with Crippen LogP contribution in [0.1, 0.15) is 42.9 Å². The van der Waals surface area contributed by atoms with Crippen LogP contribution >= 0.6 is 11.3 Å². The molecule has 1 amide bonds. The number of rotatable bonds is 7. The Balaban J connectivity index is 2.47. The van der Waals surface area contributed by atoms with E-state index in [1.165, 1.54) is 11.3 Å². The van der Waals surface area contributed by atoms with Crippen molar-refractivity contribution in [3.63, 3.8) is 0 Å². The second-order valence-electron chi connectivity index (χ2n) is 5.95. The number of hydrogen-bond donors (Lipinski definition) is 3. The van der Waals surface area contributed by atoms with Gasteiger partial charge in [0.05, 0.1) is 11.7 Å². The highest BCUT2D eigenvalue weighted by molar-refractivity contribution is 7.10. The van der Waals surface area contributed by atoms with Crippen LogP contribution in [0.5, 0.6) is 0 Å². The molecular formula is C14H24N2O2S. The lowest BCUT2D eigenvalue weighted by Gasteiger charge is -2.33. The first-order chi connectivity index (χ1) is 8.74. The summed E-state index contributed by atoms with van der Waals surface area (Å²) in [5, 5.41) is 15.2. The predicted octanol–water partition coefficient (Wildman–Crippen LogP) is 1.98. The Bertz CT molecular complexity index is 427. The molecule has 0 saturated carbocycles. The maximum absolute atomic E-state index is 11.0. The summed E-state index contributed by atoms with van der Waals surface area (Å²) in [5.41, 5.74) is 5.59. The van der Waals surface area contributed by atoms with Gasteiger partial charge < -0.3 is 16.2 Å². The number of nitrogens with one attached hydrogen (secondary N) is 1. The molecule has 1 unspecified atom stereocenters. The summed E-state index contributed by atoms with van der Waals surface area (Å²) in [6.07, 6.45) is -0.343. The van der Waals surface area contributed by atoms with Crippen LogP contribution < -0.4 is 11.1 Å². The molecule has 0 aliphatic heterocycles. The molecule has 4 nitrogen and oxygen atoms in total. The average molecular weight is 284 g/mol. The van der Waals surface area contributed by atoms with E-state index in [0.29, 0.717) is 12.1 Å². The minimum absolute atomic E-state index is 0.183. The first kappa shape index (κ1) is 16.1. The highest BCUT2D eigenvalue weighted by atomic mass is 32.1. The molecule has 0 aliphatic rings. The van der Waals surface area contributed by atoms with Gasteiger partial charge in [0, 0.05) is 28.8 Å². The number of carbonyl (C=O) groups excluding carboxylic acids is 1. The van der Waals surface area contributed by atoms with Crippen LogP contribution in [0.4, 0.5) is 0 Å². The molecule has 0 radical (unpaired) electrons. The van der Waals surface area contributed by atoms with Gasteiger partial charge in [-0.15, -0.1) is 11.3 Å². The fourth-order valence-electron chi connectivity index (χ4n) is 2.12. The third-order valence-electron chi connectivity index (χ3n) is 3.25. The molecule has 0 aromatic carbocycles. The van der Waals surface area contributed by atoms with E-state index in [0.717, 1.165) is 11.4 Å². The van der Waals surface area contributed by atoms with Crippen molar-refractivity contribution < 1.29 is 9.90 Å². The lowest BCUT2D eigenvalue weighted by molar-refractivity contribution is 0.0135. The summed E-state index contributed by atoms with van der Waals surface area (Å²) >= 11 is 1.52. The zero-order valence-corrected chi connectivity index (χ0v) is 12.9. The van der Waals surface area contributed by atoms with E-state index in [1.807, 2.05) is 33.8 Å². The van der Waals surface area contributed by atoms with Crippen LogP contribution in [-0.2, 0) is 6.54 Å². The van der Waals surface area contributed by atoms with Crippen LogP contribution in [0.25, 0.3) is 0 Å². The third kappa shape index (κ3) is 4.60. The lowest BCUT2D eigenvalue weighted by Crippen LogP contribution is -2.41. The van der Waals surface area contributed by atoms with E-state index in [9.17, 15) is 9.90 Å². The van der Waals surface area contributed by atoms with Gasteiger partial charge in [-0.3, -0.25) is 4.79 Å². The highest BCUT2D eigenvalue weighted by Crippen LogP contribution is 2.25. The molecule has 5 heteroatoms. The molecule has 1 heterocycles. The van der Waals surface area contributed by atoms with Crippen LogP contribution in [0.2, 0.25) is 0 Å². The molecule has 1 aromatic heterocycles. The van der Waals surface area contributed by atoms with Gasteiger partial charge in [-0.2, -0.15) is 0 Å². The Morgan fingerprint density at radius 1 is 1.53 bits per heavy atom. The fourth-order valence-corrected chi connectivity index (χ4v) is 2.96. The van der Waals surface area contributed by atoms with Crippen LogP contribution in [0.15, 0.2) is 11.4 Å². The standard InChI is InChI=1S/C14H24N2O2S/c1-9(2)12(17)14(3,4)8-16-6-11-5-10(7-19-11)13(15)18/h5,7,9,12,16-17H,6,8H2,1-4H3,(H2,15,18). The summed E-state index contributed by atoms with van der Waals surface area (Å²) in [6.45, 7) is 9.54. The van der Waals surface area contributed by atoms with Crippen LogP contribution in [-0.4, -0.2) is 23.7 Å². The number of aliphatic hydroxyl groups is 1. The van der Waals surface area contributed by atoms with Crippen molar-refractivity contribution in [3.05, 3.63) is 21.9 Å². The molecule has 1 rings (SSSR count). The summed E-state index contributed by atoms with van der Waals surface area (Å²) in [5.74, 6) is -0.155. The van der Waals surface area contributed by atoms with Gasteiger partial charge in [-0.25, -0.2) is 0 Å². The van der Waals surface area contributed by atoms with Gasteiger partial charge in [0.25, 0.3) is 0 Å². The largest absolute Gasteiger partial charge is 0.392 e. The van der Waals surface area contributed by atoms with E-state index < -0.39 is 5.91 Å². The van der Waals surface area contributed by atoms with Crippen LogP contribution in [0, 0.1) is 11.3 Å². The number of nitrogens with two attached hydrogens (primary N) is 1. The van der Waals surface area contributed by atoms with Crippen molar-refractivity contribution in [1.82, 2.24) is 5.32 Å². The van der Waals surface area contributed by atoms with Crippen molar-refractivity contribution in [1.29, 1.82) is 0 Å². The second kappa shape index (κ2) is 6.50.